The summed E-state index contributed by atoms with van der Waals surface area (Å²) in [5.74, 6) is 2.29. The molecule has 120 valence electrons. The van der Waals surface area contributed by atoms with Crippen LogP contribution in [0, 0.1) is 0 Å². The molecule has 0 N–H and O–H groups in total. The number of piperidine rings is 2. The maximum Gasteiger partial charge on any atom is 0.223 e. The third-order valence-corrected chi connectivity index (χ3v) is 5.32. The summed E-state index contributed by atoms with van der Waals surface area (Å²) < 4.78 is 0. The molecule has 0 aromatic heterocycles. The summed E-state index contributed by atoms with van der Waals surface area (Å²) in [6.07, 6.45) is 8.40. The lowest BCUT2D eigenvalue weighted by atomic mass is 10.1. The quantitative estimate of drug-likeness (QED) is 0.708. The molecule has 21 heavy (non-hydrogen) atoms. The van der Waals surface area contributed by atoms with Crippen molar-refractivity contribution in [2.45, 2.75) is 51.4 Å². The second-order valence-corrected chi connectivity index (χ2v) is 7.22. The molecule has 5 heteroatoms. The minimum Gasteiger partial charge on any atom is -0.343 e. The summed E-state index contributed by atoms with van der Waals surface area (Å²) in [7, 11) is 0. The van der Waals surface area contributed by atoms with Crippen LogP contribution in [0.4, 0.5) is 0 Å². The minimum atomic E-state index is 0.296. The first-order valence-electron chi connectivity index (χ1n) is 8.40. The fourth-order valence-corrected chi connectivity index (χ4v) is 3.87. The Bertz CT molecular complexity index is 305. The van der Waals surface area contributed by atoms with Gasteiger partial charge in [0.25, 0.3) is 0 Å². The SMILES string of the molecule is O=C(CCSCCC(=O)N1CCCCC1)N1CCCCC1. The Hall–Kier alpha value is -0.710. The third-order valence-electron chi connectivity index (χ3n) is 4.34. The average molecular weight is 312 g/mol. The van der Waals surface area contributed by atoms with Gasteiger partial charge in [-0.25, -0.2) is 0 Å². The van der Waals surface area contributed by atoms with Crippen molar-refractivity contribution in [1.82, 2.24) is 9.80 Å². The number of likely N-dealkylation sites (tertiary alicyclic amines) is 2. The van der Waals surface area contributed by atoms with Crippen LogP contribution in [0.2, 0.25) is 0 Å². The average Bonchev–Trinajstić information content (AvgIpc) is 2.55. The molecule has 0 aromatic carbocycles. The maximum atomic E-state index is 12.0. The van der Waals surface area contributed by atoms with Crippen molar-refractivity contribution < 1.29 is 9.59 Å². The summed E-state index contributed by atoms with van der Waals surface area (Å²) in [5.41, 5.74) is 0. The molecule has 0 atom stereocenters. The Morgan fingerprint density at radius 3 is 1.43 bits per heavy atom. The van der Waals surface area contributed by atoms with Gasteiger partial charge in [-0.3, -0.25) is 9.59 Å². The zero-order valence-corrected chi connectivity index (χ0v) is 13.8. The van der Waals surface area contributed by atoms with Crippen LogP contribution in [-0.4, -0.2) is 59.3 Å². The van der Waals surface area contributed by atoms with Crippen LogP contribution in [0.5, 0.6) is 0 Å². The molecule has 2 amide bonds. The molecule has 2 aliphatic rings. The Morgan fingerprint density at radius 1 is 0.667 bits per heavy atom. The van der Waals surface area contributed by atoms with Gasteiger partial charge in [-0.2, -0.15) is 11.8 Å². The van der Waals surface area contributed by atoms with E-state index in [-0.39, 0.29) is 0 Å². The van der Waals surface area contributed by atoms with Gasteiger partial charge in [0.15, 0.2) is 0 Å². The summed E-state index contributed by atoms with van der Waals surface area (Å²) in [5, 5.41) is 0. The predicted molar refractivity (Wildman–Crippen MR) is 87.4 cm³/mol. The number of nitrogens with zero attached hydrogens (tertiary/aromatic N) is 2. The normalized spacial score (nSPS) is 19.6. The van der Waals surface area contributed by atoms with Gasteiger partial charge in [0, 0.05) is 50.5 Å². The Labute approximate surface area is 132 Å². The number of amides is 2. The number of carbonyl (C=O) groups excluding carboxylic acids is 2. The third kappa shape index (κ3) is 5.89. The van der Waals surface area contributed by atoms with Crippen LogP contribution in [0.15, 0.2) is 0 Å². The molecule has 0 aliphatic carbocycles. The summed E-state index contributed by atoms with van der Waals surface area (Å²) in [4.78, 5) is 28.0. The number of thioether (sulfide) groups is 1. The molecule has 0 aromatic rings. The van der Waals surface area contributed by atoms with Crippen molar-refractivity contribution in [2.75, 3.05) is 37.7 Å². The largest absolute Gasteiger partial charge is 0.343 e. The van der Waals surface area contributed by atoms with E-state index < -0.39 is 0 Å². The van der Waals surface area contributed by atoms with E-state index in [0.717, 1.165) is 63.4 Å². The molecule has 2 aliphatic heterocycles. The second-order valence-electron chi connectivity index (χ2n) is 6.00. The Morgan fingerprint density at radius 2 is 1.05 bits per heavy atom. The lowest BCUT2D eigenvalue weighted by molar-refractivity contribution is -0.132. The first-order chi connectivity index (χ1) is 10.3. The second kappa shape index (κ2) is 9.34. The van der Waals surface area contributed by atoms with Crippen LogP contribution in [0.1, 0.15) is 51.4 Å². The first-order valence-corrected chi connectivity index (χ1v) is 9.56. The number of hydrogen-bond acceptors (Lipinski definition) is 3. The Balaban J connectivity index is 1.51. The van der Waals surface area contributed by atoms with E-state index in [1.165, 1.54) is 12.8 Å². The molecule has 0 bridgehead atoms. The summed E-state index contributed by atoms with van der Waals surface area (Å²) in [6, 6.07) is 0. The smallest absolute Gasteiger partial charge is 0.223 e. The molecule has 0 unspecified atom stereocenters. The fourth-order valence-electron chi connectivity index (χ4n) is 3.02. The van der Waals surface area contributed by atoms with Gasteiger partial charge < -0.3 is 9.80 Å². The van der Waals surface area contributed by atoms with Crippen LogP contribution in [-0.2, 0) is 9.59 Å². The van der Waals surface area contributed by atoms with Crippen molar-refractivity contribution in [3.05, 3.63) is 0 Å². The van der Waals surface area contributed by atoms with Gasteiger partial charge in [-0.05, 0) is 38.5 Å². The highest BCUT2D eigenvalue weighted by Crippen LogP contribution is 2.14. The molecule has 0 saturated carbocycles. The maximum absolute atomic E-state index is 12.0. The van der Waals surface area contributed by atoms with Gasteiger partial charge in [0.05, 0.1) is 0 Å². The van der Waals surface area contributed by atoms with E-state index in [2.05, 4.69) is 0 Å². The zero-order valence-electron chi connectivity index (χ0n) is 13.0. The van der Waals surface area contributed by atoms with Gasteiger partial charge >= 0.3 is 0 Å². The van der Waals surface area contributed by atoms with Crippen molar-refractivity contribution >= 4 is 23.6 Å². The predicted octanol–water partition coefficient (Wildman–Crippen LogP) is 2.52. The molecule has 2 saturated heterocycles. The highest BCUT2D eigenvalue weighted by molar-refractivity contribution is 7.99. The van der Waals surface area contributed by atoms with Crippen LogP contribution in [0.25, 0.3) is 0 Å². The Kier molecular flexibility index (Phi) is 7.41. The topological polar surface area (TPSA) is 40.6 Å². The fraction of sp³-hybridized carbons (Fsp3) is 0.875. The monoisotopic (exact) mass is 312 g/mol. The molecule has 2 rings (SSSR count). The highest BCUT2D eigenvalue weighted by Gasteiger charge is 2.17. The lowest BCUT2D eigenvalue weighted by Crippen LogP contribution is -2.36. The van der Waals surface area contributed by atoms with Crippen LogP contribution < -0.4 is 0 Å². The number of rotatable bonds is 6. The van der Waals surface area contributed by atoms with Gasteiger partial charge in [0.1, 0.15) is 0 Å². The van der Waals surface area contributed by atoms with E-state index in [1.807, 2.05) is 9.80 Å². The molecular formula is C16H28N2O2S. The van der Waals surface area contributed by atoms with Crippen molar-refractivity contribution in [2.24, 2.45) is 0 Å². The molecule has 2 fully saturated rings. The minimum absolute atomic E-state index is 0.296. The van der Waals surface area contributed by atoms with Crippen LogP contribution >= 0.6 is 11.8 Å². The molecule has 0 spiro atoms. The molecule has 0 radical (unpaired) electrons. The van der Waals surface area contributed by atoms with Gasteiger partial charge in [-0.15, -0.1) is 0 Å². The zero-order chi connectivity index (χ0) is 14.9. The van der Waals surface area contributed by atoms with Crippen LogP contribution in [0.3, 0.4) is 0 Å². The standard InChI is InChI=1S/C16H28N2O2S/c19-15(17-9-3-1-4-10-17)7-13-21-14-8-16(20)18-11-5-2-6-12-18/h1-14H2. The van der Waals surface area contributed by atoms with E-state index in [1.54, 1.807) is 11.8 Å². The number of hydrogen-bond donors (Lipinski definition) is 0. The van der Waals surface area contributed by atoms with Gasteiger partial charge in [-0.1, -0.05) is 0 Å². The van der Waals surface area contributed by atoms with Gasteiger partial charge in [0.2, 0.25) is 11.8 Å². The van der Waals surface area contributed by atoms with Crippen molar-refractivity contribution in [3.8, 4) is 0 Å². The number of carbonyl (C=O) groups is 2. The summed E-state index contributed by atoms with van der Waals surface area (Å²) in [6.45, 7) is 3.77. The van der Waals surface area contributed by atoms with E-state index in [9.17, 15) is 9.59 Å². The van der Waals surface area contributed by atoms with E-state index >= 15 is 0 Å². The molecular weight excluding hydrogens is 284 g/mol. The molecule has 4 nitrogen and oxygen atoms in total. The molecule has 2 heterocycles. The van der Waals surface area contributed by atoms with Crippen molar-refractivity contribution in [1.29, 1.82) is 0 Å². The van der Waals surface area contributed by atoms with E-state index in [0.29, 0.717) is 24.7 Å². The highest BCUT2D eigenvalue weighted by atomic mass is 32.2. The van der Waals surface area contributed by atoms with Crippen molar-refractivity contribution in [3.63, 3.8) is 0 Å². The lowest BCUT2D eigenvalue weighted by Gasteiger charge is -2.27. The summed E-state index contributed by atoms with van der Waals surface area (Å²) >= 11 is 1.74. The van der Waals surface area contributed by atoms with E-state index in [4.69, 9.17) is 0 Å². The first kappa shape index (κ1) is 16.7.